The van der Waals surface area contributed by atoms with Gasteiger partial charge in [-0.05, 0) is 31.2 Å². The van der Waals surface area contributed by atoms with E-state index in [1.165, 1.54) is 0 Å². The van der Waals surface area contributed by atoms with Crippen LogP contribution >= 0.6 is 23.2 Å². The summed E-state index contributed by atoms with van der Waals surface area (Å²) in [4.78, 5) is 13.0. The van der Waals surface area contributed by atoms with Crippen molar-refractivity contribution >= 4 is 29.0 Å². The molecule has 1 atom stereocenters. The lowest BCUT2D eigenvalue weighted by molar-refractivity contribution is 0.191. The molecular weight excluding hydrogens is 359 g/mol. The minimum Gasteiger partial charge on any atom is -0.386 e. The number of nitrogens with one attached hydrogen (secondary N) is 1. The van der Waals surface area contributed by atoms with Crippen molar-refractivity contribution in [1.29, 1.82) is 0 Å². The third kappa shape index (κ3) is 4.25. The summed E-state index contributed by atoms with van der Waals surface area (Å²) in [5, 5.41) is 14.4. The average molecular weight is 375 g/mol. The highest BCUT2D eigenvalue weighted by atomic mass is 35.5. The van der Waals surface area contributed by atoms with Crippen LogP contribution in [-0.2, 0) is 0 Å². The molecule has 0 radical (unpaired) electrons. The molecule has 1 unspecified atom stereocenters. The number of aliphatic hydroxyl groups is 1. The van der Waals surface area contributed by atoms with Gasteiger partial charge in [0.25, 0.3) is 0 Å². The standard InChI is InChI=1S/C18H16Cl2N4O/c1-11-8-16(24-18(23-11)12-4-3-7-21-9-12)22-10-15(25)17-13(19)5-2-6-14(17)20/h2-9,15,25H,10H2,1H3,(H,22,23,24). The second-order valence-electron chi connectivity index (χ2n) is 5.49. The van der Waals surface area contributed by atoms with E-state index >= 15 is 0 Å². The average Bonchev–Trinajstić information content (AvgIpc) is 2.60. The summed E-state index contributed by atoms with van der Waals surface area (Å²) in [5.74, 6) is 1.18. The molecule has 0 aliphatic carbocycles. The number of nitrogens with zero attached hydrogens (tertiary/aromatic N) is 3. The summed E-state index contributed by atoms with van der Waals surface area (Å²) < 4.78 is 0. The number of hydrogen-bond acceptors (Lipinski definition) is 5. The fourth-order valence-electron chi connectivity index (χ4n) is 2.42. The number of pyridine rings is 1. The molecule has 2 aromatic heterocycles. The maximum absolute atomic E-state index is 10.4. The zero-order chi connectivity index (χ0) is 17.8. The first-order valence-corrected chi connectivity index (χ1v) is 8.42. The van der Waals surface area contributed by atoms with Crippen LogP contribution in [0.2, 0.25) is 10.0 Å². The molecule has 0 aliphatic heterocycles. The SMILES string of the molecule is Cc1cc(NCC(O)c2c(Cl)cccc2Cl)nc(-c2cccnc2)n1. The van der Waals surface area contributed by atoms with Gasteiger partial charge in [0.05, 0.1) is 6.10 Å². The van der Waals surface area contributed by atoms with Gasteiger partial charge in [-0.2, -0.15) is 0 Å². The Balaban J connectivity index is 1.78. The Morgan fingerprint density at radius 2 is 1.88 bits per heavy atom. The Labute approximate surface area is 155 Å². The third-order valence-electron chi connectivity index (χ3n) is 3.58. The van der Waals surface area contributed by atoms with Crippen molar-refractivity contribution in [1.82, 2.24) is 15.0 Å². The molecule has 5 nitrogen and oxygen atoms in total. The minimum atomic E-state index is -0.863. The van der Waals surface area contributed by atoms with Gasteiger partial charge in [-0.3, -0.25) is 4.98 Å². The zero-order valence-electron chi connectivity index (χ0n) is 13.4. The number of benzene rings is 1. The number of aromatic nitrogens is 3. The maximum Gasteiger partial charge on any atom is 0.163 e. The third-order valence-corrected chi connectivity index (χ3v) is 4.24. The number of hydrogen-bond donors (Lipinski definition) is 2. The molecule has 128 valence electrons. The van der Waals surface area contributed by atoms with Gasteiger partial charge in [0.1, 0.15) is 5.82 Å². The van der Waals surface area contributed by atoms with Crippen LogP contribution in [0.25, 0.3) is 11.4 Å². The maximum atomic E-state index is 10.4. The van der Waals surface area contributed by atoms with E-state index in [0.717, 1.165) is 11.3 Å². The Kier molecular flexibility index (Phi) is 5.48. The summed E-state index contributed by atoms with van der Waals surface area (Å²) in [6, 6.07) is 10.7. The molecule has 2 N–H and O–H groups in total. The fraction of sp³-hybridized carbons (Fsp3) is 0.167. The molecule has 25 heavy (non-hydrogen) atoms. The number of rotatable bonds is 5. The summed E-state index contributed by atoms with van der Waals surface area (Å²) >= 11 is 12.3. The summed E-state index contributed by atoms with van der Waals surface area (Å²) in [6.45, 7) is 2.10. The molecular formula is C18H16Cl2N4O. The Morgan fingerprint density at radius 1 is 1.12 bits per heavy atom. The molecule has 0 fully saturated rings. The molecule has 0 amide bonds. The molecule has 0 spiro atoms. The van der Waals surface area contributed by atoms with E-state index in [9.17, 15) is 5.11 Å². The van der Waals surface area contributed by atoms with E-state index in [-0.39, 0.29) is 6.54 Å². The topological polar surface area (TPSA) is 70.9 Å². The van der Waals surface area contributed by atoms with Crippen molar-refractivity contribution in [2.24, 2.45) is 0 Å². The number of aryl methyl sites for hydroxylation is 1. The second-order valence-corrected chi connectivity index (χ2v) is 6.31. The van der Waals surface area contributed by atoms with Crippen LogP contribution in [0, 0.1) is 6.92 Å². The van der Waals surface area contributed by atoms with E-state index in [4.69, 9.17) is 23.2 Å². The molecule has 3 rings (SSSR count). The van der Waals surface area contributed by atoms with Gasteiger partial charge in [0, 0.05) is 51.9 Å². The zero-order valence-corrected chi connectivity index (χ0v) is 15.0. The molecule has 2 heterocycles. The smallest absolute Gasteiger partial charge is 0.163 e. The van der Waals surface area contributed by atoms with E-state index in [1.54, 1.807) is 36.7 Å². The van der Waals surface area contributed by atoms with Crippen molar-refractivity contribution in [2.45, 2.75) is 13.0 Å². The first-order valence-electron chi connectivity index (χ1n) is 7.66. The molecule has 0 aliphatic rings. The molecule has 1 aromatic carbocycles. The molecule has 0 bridgehead atoms. The highest BCUT2D eigenvalue weighted by Gasteiger charge is 2.15. The van der Waals surface area contributed by atoms with Gasteiger partial charge in [-0.25, -0.2) is 9.97 Å². The van der Waals surface area contributed by atoms with Gasteiger partial charge < -0.3 is 10.4 Å². The van der Waals surface area contributed by atoms with Crippen molar-refractivity contribution in [3.63, 3.8) is 0 Å². The van der Waals surface area contributed by atoms with Gasteiger partial charge in [-0.1, -0.05) is 29.3 Å². The quantitative estimate of drug-likeness (QED) is 0.696. The second kappa shape index (κ2) is 7.78. The van der Waals surface area contributed by atoms with Crippen LogP contribution in [-0.4, -0.2) is 26.6 Å². The van der Waals surface area contributed by atoms with Crippen molar-refractivity contribution < 1.29 is 5.11 Å². The van der Waals surface area contributed by atoms with Gasteiger partial charge in [0.2, 0.25) is 0 Å². The van der Waals surface area contributed by atoms with Crippen molar-refractivity contribution in [2.75, 3.05) is 11.9 Å². The van der Waals surface area contributed by atoms with Crippen LogP contribution in [0.3, 0.4) is 0 Å². The van der Waals surface area contributed by atoms with Crippen LogP contribution in [0.1, 0.15) is 17.4 Å². The minimum absolute atomic E-state index is 0.215. The Morgan fingerprint density at radius 3 is 2.56 bits per heavy atom. The lowest BCUT2D eigenvalue weighted by atomic mass is 10.1. The number of aliphatic hydroxyl groups excluding tert-OH is 1. The van der Waals surface area contributed by atoms with Crippen LogP contribution in [0.15, 0.2) is 48.8 Å². The summed E-state index contributed by atoms with van der Waals surface area (Å²) in [5.41, 5.74) is 2.13. The Hall–Kier alpha value is -2.21. The Bertz CT molecular complexity index is 854. The van der Waals surface area contributed by atoms with Gasteiger partial charge >= 0.3 is 0 Å². The highest BCUT2D eigenvalue weighted by Crippen LogP contribution is 2.30. The lowest BCUT2D eigenvalue weighted by Gasteiger charge is -2.16. The number of anilines is 1. The number of halogens is 2. The highest BCUT2D eigenvalue weighted by molar-refractivity contribution is 6.36. The molecule has 7 heteroatoms. The predicted octanol–water partition coefficient (Wildman–Crippen LogP) is 4.30. The van der Waals surface area contributed by atoms with Gasteiger partial charge in [-0.15, -0.1) is 0 Å². The lowest BCUT2D eigenvalue weighted by Crippen LogP contribution is -2.14. The van der Waals surface area contributed by atoms with Crippen molar-refractivity contribution in [3.8, 4) is 11.4 Å². The summed E-state index contributed by atoms with van der Waals surface area (Å²) in [7, 11) is 0. The predicted molar refractivity (Wildman–Crippen MR) is 99.9 cm³/mol. The summed E-state index contributed by atoms with van der Waals surface area (Å²) in [6.07, 6.45) is 2.54. The first-order chi connectivity index (χ1) is 12.0. The largest absolute Gasteiger partial charge is 0.386 e. The van der Waals surface area contributed by atoms with Crippen LogP contribution < -0.4 is 5.32 Å². The normalized spacial score (nSPS) is 12.0. The van der Waals surface area contributed by atoms with Crippen LogP contribution in [0.4, 0.5) is 5.82 Å². The van der Waals surface area contributed by atoms with Crippen molar-refractivity contribution in [3.05, 3.63) is 70.1 Å². The molecule has 0 saturated heterocycles. The molecule has 3 aromatic rings. The van der Waals surface area contributed by atoms with E-state index in [0.29, 0.717) is 27.3 Å². The van der Waals surface area contributed by atoms with Gasteiger partial charge in [0.15, 0.2) is 5.82 Å². The van der Waals surface area contributed by atoms with E-state index < -0.39 is 6.10 Å². The van der Waals surface area contributed by atoms with E-state index in [1.807, 2.05) is 19.1 Å². The van der Waals surface area contributed by atoms with Crippen LogP contribution in [0.5, 0.6) is 0 Å². The molecule has 0 saturated carbocycles. The first kappa shape index (κ1) is 17.6. The van der Waals surface area contributed by atoms with E-state index in [2.05, 4.69) is 20.3 Å². The fourth-order valence-corrected chi connectivity index (χ4v) is 3.06. The monoisotopic (exact) mass is 374 g/mol.